The standard InChI is InChI=1S/C13H26N2O2/c1-6-10(11(16)17)14-9-7-12(2,3)15-13(4,5)8-9/h9-10,14-15H,6-8H2,1-5H3,(H,16,17). The zero-order valence-corrected chi connectivity index (χ0v) is 11.6. The molecule has 0 saturated carbocycles. The van der Waals surface area contributed by atoms with E-state index in [1.165, 1.54) is 0 Å². The Morgan fingerprint density at radius 2 is 1.82 bits per heavy atom. The third-order valence-corrected chi connectivity index (χ3v) is 3.33. The molecular weight excluding hydrogens is 216 g/mol. The minimum atomic E-state index is -0.748. The number of carboxylic acids is 1. The van der Waals surface area contributed by atoms with Crippen LogP contribution < -0.4 is 10.6 Å². The quantitative estimate of drug-likeness (QED) is 0.703. The lowest BCUT2D eigenvalue weighted by atomic mass is 9.79. The Bertz CT molecular complexity index is 271. The first-order valence-electron chi connectivity index (χ1n) is 6.43. The van der Waals surface area contributed by atoms with Crippen molar-refractivity contribution in [3.63, 3.8) is 0 Å². The molecular formula is C13H26N2O2. The summed E-state index contributed by atoms with van der Waals surface area (Å²) in [5.41, 5.74) is 0.104. The summed E-state index contributed by atoms with van der Waals surface area (Å²) in [6.07, 6.45) is 2.54. The summed E-state index contributed by atoms with van der Waals surface area (Å²) in [4.78, 5) is 11.0. The van der Waals surface area contributed by atoms with Crippen molar-refractivity contribution >= 4 is 5.97 Å². The second kappa shape index (κ2) is 4.94. The van der Waals surface area contributed by atoms with Crippen LogP contribution >= 0.6 is 0 Å². The van der Waals surface area contributed by atoms with Crippen LogP contribution in [0.25, 0.3) is 0 Å². The molecule has 1 heterocycles. The van der Waals surface area contributed by atoms with Crippen molar-refractivity contribution in [1.29, 1.82) is 0 Å². The molecule has 0 aromatic heterocycles. The lowest BCUT2D eigenvalue weighted by molar-refractivity contribution is -0.140. The average Bonchev–Trinajstić information content (AvgIpc) is 2.08. The van der Waals surface area contributed by atoms with Gasteiger partial charge < -0.3 is 15.7 Å². The third-order valence-electron chi connectivity index (χ3n) is 3.33. The van der Waals surface area contributed by atoms with Gasteiger partial charge in [0.05, 0.1) is 0 Å². The van der Waals surface area contributed by atoms with Crippen molar-refractivity contribution < 1.29 is 9.90 Å². The molecule has 3 N–H and O–H groups in total. The maximum absolute atomic E-state index is 11.0. The smallest absolute Gasteiger partial charge is 0.320 e. The van der Waals surface area contributed by atoms with Gasteiger partial charge in [-0.1, -0.05) is 6.92 Å². The fourth-order valence-electron chi connectivity index (χ4n) is 3.09. The van der Waals surface area contributed by atoms with E-state index in [1.54, 1.807) is 0 Å². The van der Waals surface area contributed by atoms with Crippen molar-refractivity contribution in [2.45, 2.75) is 77.0 Å². The Hall–Kier alpha value is -0.610. The Morgan fingerprint density at radius 3 is 2.18 bits per heavy atom. The Morgan fingerprint density at radius 1 is 1.35 bits per heavy atom. The number of piperidine rings is 1. The molecule has 4 nitrogen and oxygen atoms in total. The normalized spacial score (nSPS) is 25.5. The Balaban J connectivity index is 2.68. The molecule has 0 aromatic rings. The molecule has 1 aliphatic rings. The fraction of sp³-hybridized carbons (Fsp3) is 0.923. The molecule has 0 aliphatic carbocycles. The summed E-state index contributed by atoms with van der Waals surface area (Å²) in [6, 6.07) is -0.160. The molecule has 0 spiro atoms. The van der Waals surface area contributed by atoms with Crippen molar-refractivity contribution in [2.24, 2.45) is 0 Å². The maximum atomic E-state index is 11.0. The number of carbonyl (C=O) groups is 1. The Labute approximate surface area is 104 Å². The van der Waals surface area contributed by atoms with Gasteiger partial charge in [0, 0.05) is 17.1 Å². The van der Waals surface area contributed by atoms with Crippen molar-refractivity contribution in [3.8, 4) is 0 Å². The van der Waals surface area contributed by atoms with E-state index in [2.05, 4.69) is 38.3 Å². The first-order chi connectivity index (χ1) is 7.65. The van der Waals surface area contributed by atoms with Gasteiger partial charge in [0.2, 0.25) is 0 Å². The largest absolute Gasteiger partial charge is 0.480 e. The lowest BCUT2D eigenvalue weighted by Crippen LogP contribution is -2.63. The van der Waals surface area contributed by atoms with Crippen LogP contribution in [0, 0.1) is 0 Å². The number of nitrogens with one attached hydrogen (secondary N) is 2. The highest BCUT2D eigenvalue weighted by Gasteiger charge is 2.38. The van der Waals surface area contributed by atoms with Gasteiger partial charge in [-0.15, -0.1) is 0 Å². The zero-order valence-electron chi connectivity index (χ0n) is 11.6. The second-order valence-corrected chi connectivity index (χ2v) is 6.46. The van der Waals surface area contributed by atoms with E-state index >= 15 is 0 Å². The van der Waals surface area contributed by atoms with Gasteiger partial charge in [-0.25, -0.2) is 0 Å². The van der Waals surface area contributed by atoms with Crippen LogP contribution in [0.4, 0.5) is 0 Å². The minimum absolute atomic E-state index is 0.0518. The van der Waals surface area contributed by atoms with E-state index in [4.69, 9.17) is 5.11 Å². The number of hydrogen-bond acceptors (Lipinski definition) is 3. The first-order valence-corrected chi connectivity index (χ1v) is 6.43. The van der Waals surface area contributed by atoms with Gasteiger partial charge in [-0.3, -0.25) is 4.79 Å². The number of aliphatic carboxylic acids is 1. The molecule has 1 saturated heterocycles. The van der Waals surface area contributed by atoms with Crippen LogP contribution in [-0.4, -0.2) is 34.2 Å². The van der Waals surface area contributed by atoms with Crippen LogP contribution in [-0.2, 0) is 4.79 Å². The summed E-state index contributed by atoms with van der Waals surface area (Å²) in [7, 11) is 0. The Kier molecular flexibility index (Phi) is 4.20. The van der Waals surface area contributed by atoms with E-state index in [0.717, 1.165) is 12.8 Å². The van der Waals surface area contributed by atoms with E-state index in [1.807, 2.05) is 6.92 Å². The number of rotatable bonds is 4. The third kappa shape index (κ3) is 4.28. The SMILES string of the molecule is CCC(NC1CC(C)(C)NC(C)(C)C1)C(=O)O. The molecule has 0 bridgehead atoms. The maximum Gasteiger partial charge on any atom is 0.320 e. The second-order valence-electron chi connectivity index (χ2n) is 6.46. The minimum Gasteiger partial charge on any atom is -0.480 e. The van der Waals surface area contributed by atoms with Gasteiger partial charge in [0.1, 0.15) is 6.04 Å². The van der Waals surface area contributed by atoms with Crippen LogP contribution in [0.2, 0.25) is 0 Å². The summed E-state index contributed by atoms with van der Waals surface area (Å²) in [5.74, 6) is -0.748. The van der Waals surface area contributed by atoms with Crippen LogP contribution in [0.1, 0.15) is 53.9 Å². The molecule has 1 unspecified atom stereocenters. The van der Waals surface area contributed by atoms with Crippen molar-refractivity contribution in [1.82, 2.24) is 10.6 Å². The highest BCUT2D eigenvalue weighted by molar-refractivity contribution is 5.73. The molecule has 1 fully saturated rings. The highest BCUT2D eigenvalue weighted by Crippen LogP contribution is 2.28. The summed E-state index contributed by atoms with van der Waals surface area (Å²) in [6.45, 7) is 10.6. The lowest BCUT2D eigenvalue weighted by Gasteiger charge is -2.47. The molecule has 4 heteroatoms. The van der Waals surface area contributed by atoms with E-state index in [9.17, 15) is 4.79 Å². The molecule has 100 valence electrons. The van der Waals surface area contributed by atoms with Gasteiger partial charge in [-0.05, 0) is 47.0 Å². The van der Waals surface area contributed by atoms with Gasteiger partial charge in [0.15, 0.2) is 0 Å². The molecule has 0 aromatic carbocycles. The highest BCUT2D eigenvalue weighted by atomic mass is 16.4. The molecule has 17 heavy (non-hydrogen) atoms. The van der Waals surface area contributed by atoms with E-state index in [-0.39, 0.29) is 17.1 Å². The van der Waals surface area contributed by atoms with Gasteiger partial charge in [-0.2, -0.15) is 0 Å². The average molecular weight is 242 g/mol. The summed E-state index contributed by atoms with van der Waals surface area (Å²) in [5, 5.41) is 16.0. The molecule has 1 atom stereocenters. The van der Waals surface area contributed by atoms with Crippen LogP contribution in [0.3, 0.4) is 0 Å². The predicted molar refractivity (Wildman–Crippen MR) is 69.2 cm³/mol. The fourth-order valence-corrected chi connectivity index (χ4v) is 3.09. The topological polar surface area (TPSA) is 61.4 Å². The summed E-state index contributed by atoms with van der Waals surface area (Å²) < 4.78 is 0. The predicted octanol–water partition coefficient (Wildman–Crippen LogP) is 1.75. The van der Waals surface area contributed by atoms with Crippen molar-refractivity contribution in [2.75, 3.05) is 0 Å². The molecule has 1 rings (SSSR count). The zero-order chi connectivity index (χ0) is 13.3. The number of carboxylic acid groups (broad SMARTS) is 1. The first kappa shape index (κ1) is 14.5. The molecule has 0 radical (unpaired) electrons. The van der Waals surface area contributed by atoms with Crippen LogP contribution in [0.5, 0.6) is 0 Å². The van der Waals surface area contributed by atoms with Crippen LogP contribution in [0.15, 0.2) is 0 Å². The monoisotopic (exact) mass is 242 g/mol. The van der Waals surface area contributed by atoms with Crippen molar-refractivity contribution in [3.05, 3.63) is 0 Å². The molecule has 0 amide bonds. The molecule has 1 aliphatic heterocycles. The van der Waals surface area contributed by atoms with Gasteiger partial charge in [0.25, 0.3) is 0 Å². The number of hydrogen-bond donors (Lipinski definition) is 3. The van der Waals surface area contributed by atoms with Gasteiger partial charge >= 0.3 is 5.97 Å². The van der Waals surface area contributed by atoms with E-state index in [0.29, 0.717) is 6.42 Å². The summed E-state index contributed by atoms with van der Waals surface area (Å²) >= 11 is 0. The van der Waals surface area contributed by atoms with E-state index < -0.39 is 12.0 Å².